The van der Waals surface area contributed by atoms with E-state index in [4.69, 9.17) is 0 Å². The molecule has 0 aromatic heterocycles. The molecule has 0 saturated heterocycles. The van der Waals surface area contributed by atoms with Gasteiger partial charge in [-0.05, 0) is 37.1 Å². The zero-order valence-corrected chi connectivity index (χ0v) is 13.8. The van der Waals surface area contributed by atoms with Crippen molar-refractivity contribution in [2.24, 2.45) is 0 Å². The zero-order valence-electron chi connectivity index (χ0n) is 13.8. The molecule has 24 heavy (non-hydrogen) atoms. The molecule has 0 spiro atoms. The minimum Gasteiger partial charge on any atom is -0.326 e. The van der Waals surface area contributed by atoms with Gasteiger partial charge in [-0.25, -0.2) is 0 Å². The lowest BCUT2D eigenvalue weighted by Crippen LogP contribution is -2.22. The van der Waals surface area contributed by atoms with Crippen LogP contribution in [0.5, 0.6) is 0 Å². The number of benzene rings is 2. The second kappa shape index (κ2) is 8.06. The molecule has 0 unspecified atom stereocenters. The molecule has 2 amide bonds. The van der Waals surface area contributed by atoms with Crippen LogP contribution in [-0.2, 0) is 16.0 Å². The van der Waals surface area contributed by atoms with Gasteiger partial charge < -0.3 is 10.6 Å². The number of amides is 2. The molecule has 2 rings (SSSR count). The molecule has 124 valence electrons. The number of hydrogen-bond acceptors (Lipinski definition) is 3. The number of ketones is 1. The highest BCUT2D eigenvalue weighted by molar-refractivity contribution is 6.08. The summed E-state index contributed by atoms with van der Waals surface area (Å²) in [5.74, 6) is -0.890. The van der Waals surface area contributed by atoms with Crippen molar-refractivity contribution in [1.29, 1.82) is 0 Å². The lowest BCUT2D eigenvalue weighted by Gasteiger charge is -2.10. The van der Waals surface area contributed by atoms with Crippen molar-refractivity contribution in [3.8, 4) is 0 Å². The standard InChI is InChI=1S/C19H20N2O3/c1-3-14-7-4-5-10-17(14)21-19(24)12-18(23)20-16-9-6-8-15(11-16)13(2)22/h4-11H,3,12H2,1-2H3,(H,20,23)(H,21,24). The average molecular weight is 324 g/mol. The largest absolute Gasteiger partial charge is 0.326 e. The van der Waals surface area contributed by atoms with Gasteiger partial charge in [-0.2, -0.15) is 0 Å². The van der Waals surface area contributed by atoms with Gasteiger partial charge in [0.1, 0.15) is 6.42 Å². The zero-order chi connectivity index (χ0) is 17.5. The van der Waals surface area contributed by atoms with Crippen molar-refractivity contribution < 1.29 is 14.4 Å². The minimum atomic E-state index is -0.429. The predicted octanol–water partition coefficient (Wildman–Crippen LogP) is 3.42. The van der Waals surface area contributed by atoms with Crippen LogP contribution >= 0.6 is 0 Å². The predicted molar refractivity (Wildman–Crippen MR) is 94.1 cm³/mol. The number of hydrogen-bond donors (Lipinski definition) is 2. The molecule has 0 atom stereocenters. The van der Waals surface area contributed by atoms with Gasteiger partial charge in [0.05, 0.1) is 0 Å². The Morgan fingerprint density at radius 1 is 0.917 bits per heavy atom. The maximum absolute atomic E-state index is 12.0. The highest BCUT2D eigenvalue weighted by atomic mass is 16.2. The van der Waals surface area contributed by atoms with Crippen LogP contribution in [0.2, 0.25) is 0 Å². The molecule has 0 aliphatic rings. The quantitative estimate of drug-likeness (QED) is 0.631. The summed E-state index contributed by atoms with van der Waals surface area (Å²) < 4.78 is 0. The first kappa shape index (κ1) is 17.4. The Balaban J connectivity index is 1.96. The van der Waals surface area contributed by atoms with Crippen LogP contribution in [0.3, 0.4) is 0 Å². The minimum absolute atomic E-state index is 0.0833. The fraction of sp³-hybridized carbons (Fsp3) is 0.211. The number of anilines is 2. The van der Waals surface area contributed by atoms with Gasteiger partial charge in [-0.1, -0.05) is 37.3 Å². The van der Waals surface area contributed by atoms with Gasteiger partial charge in [0.15, 0.2) is 5.78 Å². The molecule has 0 heterocycles. The van der Waals surface area contributed by atoms with Crippen molar-refractivity contribution >= 4 is 29.0 Å². The van der Waals surface area contributed by atoms with Gasteiger partial charge in [0, 0.05) is 16.9 Å². The van der Waals surface area contributed by atoms with Crippen molar-refractivity contribution in [1.82, 2.24) is 0 Å². The molecule has 0 aliphatic heterocycles. The van der Waals surface area contributed by atoms with E-state index in [1.54, 1.807) is 24.3 Å². The van der Waals surface area contributed by atoms with Crippen LogP contribution in [0.15, 0.2) is 48.5 Å². The van der Waals surface area contributed by atoms with Gasteiger partial charge in [0.25, 0.3) is 0 Å². The van der Waals surface area contributed by atoms with Gasteiger partial charge in [0.2, 0.25) is 11.8 Å². The summed E-state index contributed by atoms with van der Waals surface area (Å²) >= 11 is 0. The van der Waals surface area contributed by atoms with Crippen LogP contribution in [0.25, 0.3) is 0 Å². The number of carbonyl (C=O) groups is 3. The van der Waals surface area contributed by atoms with E-state index in [0.717, 1.165) is 17.7 Å². The van der Waals surface area contributed by atoms with Crippen molar-refractivity contribution in [2.75, 3.05) is 10.6 Å². The Hall–Kier alpha value is -2.95. The topological polar surface area (TPSA) is 75.3 Å². The molecular formula is C19H20N2O3. The molecule has 5 nitrogen and oxygen atoms in total. The number of para-hydroxylation sites is 1. The summed E-state index contributed by atoms with van der Waals surface area (Å²) in [6.45, 7) is 3.46. The van der Waals surface area contributed by atoms with Crippen molar-refractivity contribution in [2.45, 2.75) is 26.7 Å². The van der Waals surface area contributed by atoms with E-state index in [-0.39, 0.29) is 18.1 Å². The monoisotopic (exact) mass is 324 g/mol. The molecule has 0 saturated carbocycles. The molecule has 2 aromatic carbocycles. The smallest absolute Gasteiger partial charge is 0.233 e. The Morgan fingerprint density at radius 2 is 1.62 bits per heavy atom. The summed E-state index contributed by atoms with van der Waals surface area (Å²) in [5, 5.41) is 5.38. The third-order valence-corrected chi connectivity index (χ3v) is 3.55. The molecule has 0 fully saturated rings. The average Bonchev–Trinajstić information content (AvgIpc) is 2.55. The second-order valence-corrected chi connectivity index (χ2v) is 5.42. The highest BCUT2D eigenvalue weighted by Gasteiger charge is 2.12. The Kier molecular flexibility index (Phi) is 5.84. The number of Topliss-reactive ketones (excluding diaryl/α,β-unsaturated/α-hetero) is 1. The van der Waals surface area contributed by atoms with Crippen LogP contribution in [-0.4, -0.2) is 17.6 Å². The third-order valence-electron chi connectivity index (χ3n) is 3.55. The van der Waals surface area contributed by atoms with E-state index in [1.165, 1.54) is 6.92 Å². The lowest BCUT2D eigenvalue weighted by atomic mass is 10.1. The molecule has 2 aromatic rings. The molecule has 5 heteroatoms. The fourth-order valence-electron chi connectivity index (χ4n) is 2.31. The first-order chi connectivity index (χ1) is 11.5. The number of carbonyl (C=O) groups excluding carboxylic acids is 3. The second-order valence-electron chi connectivity index (χ2n) is 5.42. The Bertz CT molecular complexity index is 769. The normalized spacial score (nSPS) is 10.1. The van der Waals surface area contributed by atoms with E-state index >= 15 is 0 Å². The van der Waals surface area contributed by atoms with E-state index < -0.39 is 5.91 Å². The van der Waals surface area contributed by atoms with Crippen molar-refractivity contribution in [3.05, 3.63) is 59.7 Å². The number of rotatable bonds is 6. The van der Waals surface area contributed by atoms with Crippen LogP contribution in [0, 0.1) is 0 Å². The fourth-order valence-corrected chi connectivity index (χ4v) is 2.31. The summed E-state index contributed by atoms with van der Waals surface area (Å²) in [6, 6.07) is 14.1. The SMILES string of the molecule is CCc1ccccc1NC(=O)CC(=O)Nc1cccc(C(C)=O)c1. The lowest BCUT2D eigenvalue weighted by molar-refractivity contribution is -0.123. The molecule has 0 bridgehead atoms. The van der Waals surface area contributed by atoms with Crippen molar-refractivity contribution in [3.63, 3.8) is 0 Å². The summed E-state index contributed by atoms with van der Waals surface area (Å²) in [7, 11) is 0. The molecular weight excluding hydrogens is 304 g/mol. The maximum atomic E-state index is 12.0. The van der Waals surface area contributed by atoms with Gasteiger partial charge >= 0.3 is 0 Å². The first-order valence-electron chi connectivity index (χ1n) is 7.78. The summed E-state index contributed by atoms with van der Waals surface area (Å²) in [4.78, 5) is 35.4. The summed E-state index contributed by atoms with van der Waals surface area (Å²) in [5.41, 5.74) is 2.74. The van der Waals surface area contributed by atoms with Gasteiger partial charge in [-0.15, -0.1) is 0 Å². The van der Waals surface area contributed by atoms with Crippen LogP contribution < -0.4 is 10.6 Å². The first-order valence-corrected chi connectivity index (χ1v) is 7.78. The maximum Gasteiger partial charge on any atom is 0.233 e. The number of nitrogens with one attached hydrogen (secondary N) is 2. The van der Waals surface area contributed by atoms with E-state index in [9.17, 15) is 14.4 Å². The molecule has 0 radical (unpaired) electrons. The summed E-state index contributed by atoms with van der Waals surface area (Å²) in [6.07, 6.45) is 0.503. The van der Waals surface area contributed by atoms with Gasteiger partial charge in [-0.3, -0.25) is 14.4 Å². The van der Waals surface area contributed by atoms with E-state index in [0.29, 0.717) is 11.3 Å². The van der Waals surface area contributed by atoms with Crippen LogP contribution in [0.1, 0.15) is 36.2 Å². The molecule has 2 N–H and O–H groups in total. The Morgan fingerprint density at radius 3 is 2.33 bits per heavy atom. The highest BCUT2D eigenvalue weighted by Crippen LogP contribution is 2.16. The third kappa shape index (κ3) is 4.78. The molecule has 0 aliphatic carbocycles. The Labute approximate surface area is 141 Å². The van der Waals surface area contributed by atoms with E-state index in [2.05, 4.69) is 10.6 Å². The van der Waals surface area contributed by atoms with E-state index in [1.807, 2.05) is 31.2 Å². The number of aryl methyl sites for hydroxylation is 1. The van der Waals surface area contributed by atoms with Crippen LogP contribution in [0.4, 0.5) is 11.4 Å².